The number of rotatable bonds is 6. The number of carbonyl (C=O) groups is 2. The number of anilines is 1. The van der Waals surface area contributed by atoms with Gasteiger partial charge in [0.2, 0.25) is 5.91 Å². The molecule has 6 nitrogen and oxygen atoms in total. The molecule has 0 bridgehead atoms. The van der Waals surface area contributed by atoms with Crippen LogP contribution < -0.4 is 10.6 Å². The Hall–Kier alpha value is -2.22. The molecule has 1 aromatic heterocycles. The summed E-state index contributed by atoms with van der Waals surface area (Å²) in [5, 5.41) is 7.23. The monoisotopic (exact) mass is 359 g/mol. The summed E-state index contributed by atoms with van der Waals surface area (Å²) >= 11 is 1.35. The van der Waals surface area contributed by atoms with Crippen LogP contribution in [-0.2, 0) is 16.1 Å². The molecule has 1 aromatic carbocycles. The van der Waals surface area contributed by atoms with Crippen molar-refractivity contribution in [3.05, 3.63) is 52.2 Å². The van der Waals surface area contributed by atoms with Gasteiger partial charge in [-0.05, 0) is 29.1 Å². The molecule has 1 saturated heterocycles. The van der Waals surface area contributed by atoms with Gasteiger partial charge in [-0.2, -0.15) is 0 Å². The number of hydrogen-bond acceptors (Lipinski definition) is 5. The number of amides is 2. The van der Waals surface area contributed by atoms with E-state index in [4.69, 9.17) is 4.74 Å². The third kappa shape index (κ3) is 5.38. The largest absolute Gasteiger partial charge is 0.379 e. The van der Waals surface area contributed by atoms with E-state index in [-0.39, 0.29) is 18.4 Å². The first-order valence-corrected chi connectivity index (χ1v) is 9.09. The van der Waals surface area contributed by atoms with E-state index in [1.165, 1.54) is 16.9 Å². The maximum atomic E-state index is 11.9. The van der Waals surface area contributed by atoms with Crippen molar-refractivity contribution in [2.24, 2.45) is 0 Å². The molecular formula is C18H21N3O3S. The number of thiophene rings is 1. The van der Waals surface area contributed by atoms with Crippen LogP contribution in [0.3, 0.4) is 0 Å². The number of ether oxygens (including phenoxy) is 1. The van der Waals surface area contributed by atoms with Crippen LogP contribution in [0.1, 0.15) is 15.2 Å². The molecule has 132 valence electrons. The van der Waals surface area contributed by atoms with Crippen LogP contribution in [0.4, 0.5) is 5.69 Å². The predicted octanol–water partition coefficient (Wildman–Crippen LogP) is 1.95. The molecule has 2 amide bonds. The van der Waals surface area contributed by atoms with Crippen LogP contribution in [0.5, 0.6) is 0 Å². The molecule has 0 saturated carbocycles. The zero-order valence-electron chi connectivity index (χ0n) is 13.9. The van der Waals surface area contributed by atoms with E-state index in [0.717, 1.165) is 38.5 Å². The minimum Gasteiger partial charge on any atom is -0.379 e. The van der Waals surface area contributed by atoms with E-state index in [1.807, 2.05) is 29.6 Å². The number of morpholine rings is 1. The Morgan fingerprint density at radius 3 is 2.56 bits per heavy atom. The van der Waals surface area contributed by atoms with Gasteiger partial charge in [0.1, 0.15) is 0 Å². The van der Waals surface area contributed by atoms with Gasteiger partial charge in [-0.1, -0.05) is 18.2 Å². The maximum Gasteiger partial charge on any atom is 0.261 e. The summed E-state index contributed by atoms with van der Waals surface area (Å²) in [6.45, 7) is 4.29. The van der Waals surface area contributed by atoms with Crippen molar-refractivity contribution in [2.45, 2.75) is 6.54 Å². The van der Waals surface area contributed by atoms with Gasteiger partial charge >= 0.3 is 0 Å². The highest BCUT2D eigenvalue weighted by atomic mass is 32.1. The van der Waals surface area contributed by atoms with Crippen molar-refractivity contribution in [3.63, 3.8) is 0 Å². The lowest BCUT2D eigenvalue weighted by atomic mass is 10.2. The second-order valence-corrected chi connectivity index (χ2v) is 6.74. The van der Waals surface area contributed by atoms with E-state index >= 15 is 0 Å². The third-order valence-electron chi connectivity index (χ3n) is 3.90. The molecule has 1 aliphatic heterocycles. The minimum atomic E-state index is -0.245. The van der Waals surface area contributed by atoms with Crippen LogP contribution in [-0.4, -0.2) is 49.6 Å². The number of nitrogens with zero attached hydrogens (tertiary/aromatic N) is 1. The molecule has 7 heteroatoms. The van der Waals surface area contributed by atoms with Gasteiger partial charge in [0.25, 0.3) is 5.91 Å². The fourth-order valence-corrected chi connectivity index (χ4v) is 3.21. The highest BCUT2D eigenvalue weighted by Gasteiger charge is 2.11. The standard InChI is InChI=1S/C18H21N3O3S/c22-17(12-19-18(23)16-2-1-11-25-16)20-15-5-3-14(4-6-15)13-21-7-9-24-10-8-21/h1-6,11H,7-10,12-13H2,(H,19,23)(H,20,22). The molecule has 2 heterocycles. The van der Waals surface area contributed by atoms with Gasteiger partial charge in [-0.25, -0.2) is 0 Å². The lowest BCUT2D eigenvalue weighted by Gasteiger charge is -2.26. The SMILES string of the molecule is O=C(CNC(=O)c1cccs1)Nc1ccc(CN2CCOCC2)cc1. The van der Waals surface area contributed by atoms with Crippen LogP contribution in [0.2, 0.25) is 0 Å². The topological polar surface area (TPSA) is 70.7 Å². The fraction of sp³-hybridized carbons (Fsp3) is 0.333. The van der Waals surface area contributed by atoms with Gasteiger partial charge in [-0.15, -0.1) is 11.3 Å². The van der Waals surface area contributed by atoms with Crippen molar-refractivity contribution >= 4 is 28.8 Å². The van der Waals surface area contributed by atoms with E-state index in [0.29, 0.717) is 4.88 Å². The summed E-state index contributed by atoms with van der Waals surface area (Å²) < 4.78 is 5.35. The summed E-state index contributed by atoms with van der Waals surface area (Å²) in [6, 6.07) is 11.3. The van der Waals surface area contributed by atoms with Crippen LogP contribution >= 0.6 is 11.3 Å². The number of benzene rings is 1. The Morgan fingerprint density at radius 2 is 1.88 bits per heavy atom. The van der Waals surface area contributed by atoms with Crippen LogP contribution in [0.15, 0.2) is 41.8 Å². The zero-order chi connectivity index (χ0) is 17.5. The van der Waals surface area contributed by atoms with Crippen molar-refractivity contribution in [3.8, 4) is 0 Å². The highest BCUT2D eigenvalue weighted by Crippen LogP contribution is 2.12. The van der Waals surface area contributed by atoms with Gasteiger partial charge in [0.05, 0.1) is 24.6 Å². The molecule has 0 atom stereocenters. The van der Waals surface area contributed by atoms with Crippen LogP contribution in [0, 0.1) is 0 Å². The van der Waals surface area contributed by atoms with E-state index in [2.05, 4.69) is 15.5 Å². The van der Waals surface area contributed by atoms with Gasteiger partial charge in [0, 0.05) is 25.3 Å². The van der Waals surface area contributed by atoms with E-state index in [9.17, 15) is 9.59 Å². The molecule has 0 radical (unpaired) electrons. The van der Waals surface area contributed by atoms with Crippen molar-refractivity contribution in [1.29, 1.82) is 0 Å². The normalized spacial score (nSPS) is 14.9. The van der Waals surface area contributed by atoms with Crippen molar-refractivity contribution < 1.29 is 14.3 Å². The average Bonchev–Trinajstić information content (AvgIpc) is 3.17. The summed E-state index contributed by atoms with van der Waals surface area (Å²) in [5.41, 5.74) is 1.92. The lowest BCUT2D eigenvalue weighted by molar-refractivity contribution is -0.115. The molecule has 1 aliphatic rings. The Kier molecular flexibility index (Phi) is 6.16. The predicted molar refractivity (Wildman–Crippen MR) is 97.8 cm³/mol. The third-order valence-corrected chi connectivity index (χ3v) is 4.77. The zero-order valence-corrected chi connectivity index (χ0v) is 14.7. The van der Waals surface area contributed by atoms with Crippen molar-refractivity contribution in [2.75, 3.05) is 38.2 Å². The molecule has 2 aromatic rings. The molecule has 25 heavy (non-hydrogen) atoms. The summed E-state index contributed by atoms with van der Waals surface area (Å²) in [6.07, 6.45) is 0. The smallest absolute Gasteiger partial charge is 0.261 e. The molecular weight excluding hydrogens is 338 g/mol. The second-order valence-electron chi connectivity index (χ2n) is 5.79. The number of carbonyl (C=O) groups excluding carboxylic acids is 2. The molecule has 0 unspecified atom stereocenters. The lowest BCUT2D eigenvalue weighted by Crippen LogP contribution is -2.35. The highest BCUT2D eigenvalue weighted by molar-refractivity contribution is 7.12. The maximum absolute atomic E-state index is 11.9. The summed E-state index contributed by atoms with van der Waals surface area (Å²) in [5.74, 6) is -0.475. The van der Waals surface area contributed by atoms with Gasteiger partial charge < -0.3 is 15.4 Å². The molecule has 3 rings (SSSR count). The van der Waals surface area contributed by atoms with E-state index < -0.39 is 0 Å². The van der Waals surface area contributed by atoms with E-state index in [1.54, 1.807) is 12.1 Å². The molecule has 2 N–H and O–H groups in total. The molecule has 0 spiro atoms. The Bertz CT molecular complexity index is 695. The summed E-state index contributed by atoms with van der Waals surface area (Å²) in [4.78, 5) is 26.7. The first kappa shape index (κ1) is 17.6. The first-order chi connectivity index (χ1) is 12.2. The number of nitrogens with one attached hydrogen (secondary N) is 2. The Labute approximate surface area is 150 Å². The van der Waals surface area contributed by atoms with Gasteiger partial charge in [-0.3, -0.25) is 14.5 Å². The average molecular weight is 359 g/mol. The Balaban J connectivity index is 1.44. The molecule has 1 fully saturated rings. The summed E-state index contributed by atoms with van der Waals surface area (Å²) in [7, 11) is 0. The second kappa shape index (κ2) is 8.75. The Morgan fingerprint density at radius 1 is 1.12 bits per heavy atom. The van der Waals surface area contributed by atoms with Crippen molar-refractivity contribution in [1.82, 2.24) is 10.2 Å². The minimum absolute atomic E-state index is 0.0493. The van der Waals surface area contributed by atoms with Crippen LogP contribution in [0.25, 0.3) is 0 Å². The first-order valence-electron chi connectivity index (χ1n) is 8.21. The van der Waals surface area contributed by atoms with Gasteiger partial charge in [0.15, 0.2) is 0 Å². The fourth-order valence-electron chi connectivity index (χ4n) is 2.57. The molecule has 0 aliphatic carbocycles. The quantitative estimate of drug-likeness (QED) is 0.827. The number of hydrogen-bond donors (Lipinski definition) is 2.